The maximum atomic E-state index is 6.15. The quantitative estimate of drug-likeness (QED) is 0.861. The average molecular weight is 291 g/mol. The van der Waals surface area contributed by atoms with Crippen molar-refractivity contribution >= 4 is 17.2 Å². The monoisotopic (exact) mass is 291 g/mol. The average Bonchev–Trinajstić information content (AvgIpc) is 3.10. The Morgan fingerprint density at radius 3 is 2.65 bits per heavy atom. The van der Waals surface area contributed by atoms with Crippen molar-refractivity contribution in [3.8, 4) is 11.5 Å². The lowest BCUT2D eigenvalue weighted by Gasteiger charge is -2.18. The number of nitrogens with one attached hydrogen (secondary N) is 1. The van der Waals surface area contributed by atoms with Crippen molar-refractivity contribution in [3.63, 3.8) is 0 Å². The van der Waals surface area contributed by atoms with E-state index in [1.807, 2.05) is 6.07 Å². The summed E-state index contributed by atoms with van der Waals surface area (Å²) in [6, 6.07) is 6.28. The van der Waals surface area contributed by atoms with Crippen LogP contribution < -0.4 is 14.8 Å². The Labute approximate surface area is 125 Å². The first-order chi connectivity index (χ1) is 9.76. The van der Waals surface area contributed by atoms with Gasteiger partial charge in [0, 0.05) is 18.9 Å². The molecule has 1 saturated heterocycles. The van der Waals surface area contributed by atoms with Crippen LogP contribution in [0.2, 0.25) is 0 Å². The van der Waals surface area contributed by atoms with Crippen molar-refractivity contribution in [2.24, 2.45) is 0 Å². The van der Waals surface area contributed by atoms with Gasteiger partial charge in [-0.3, -0.25) is 0 Å². The van der Waals surface area contributed by atoms with Gasteiger partial charge in [-0.2, -0.15) is 0 Å². The summed E-state index contributed by atoms with van der Waals surface area (Å²) < 4.78 is 11.6. The first kappa shape index (κ1) is 13.7. The van der Waals surface area contributed by atoms with Crippen LogP contribution >= 0.6 is 12.2 Å². The summed E-state index contributed by atoms with van der Waals surface area (Å²) in [7, 11) is 1.70. The number of hydrogen-bond donors (Lipinski definition) is 1. The van der Waals surface area contributed by atoms with Crippen molar-refractivity contribution in [2.75, 3.05) is 13.7 Å². The number of benzene rings is 1. The highest BCUT2D eigenvalue weighted by Crippen LogP contribution is 2.35. The second-order valence-corrected chi connectivity index (χ2v) is 6.13. The van der Waals surface area contributed by atoms with E-state index in [1.165, 1.54) is 18.4 Å². The van der Waals surface area contributed by atoms with Crippen LogP contribution in [-0.4, -0.2) is 24.7 Å². The molecule has 1 aliphatic heterocycles. The van der Waals surface area contributed by atoms with E-state index in [0.29, 0.717) is 12.0 Å². The van der Waals surface area contributed by atoms with Crippen molar-refractivity contribution in [3.05, 3.63) is 23.8 Å². The van der Waals surface area contributed by atoms with E-state index < -0.39 is 0 Å². The van der Waals surface area contributed by atoms with Gasteiger partial charge in [0.15, 0.2) is 11.5 Å². The van der Waals surface area contributed by atoms with Crippen LogP contribution in [0.5, 0.6) is 11.5 Å². The van der Waals surface area contributed by atoms with Gasteiger partial charge in [-0.1, -0.05) is 18.3 Å². The van der Waals surface area contributed by atoms with E-state index in [-0.39, 0.29) is 0 Å². The zero-order chi connectivity index (χ0) is 13.9. The van der Waals surface area contributed by atoms with E-state index in [2.05, 4.69) is 17.4 Å². The number of hydrogen-bond acceptors (Lipinski definition) is 3. The summed E-state index contributed by atoms with van der Waals surface area (Å²) in [6.07, 6.45) is 6.14. The van der Waals surface area contributed by atoms with Crippen molar-refractivity contribution in [1.82, 2.24) is 5.32 Å². The van der Waals surface area contributed by atoms with Gasteiger partial charge in [-0.25, -0.2) is 0 Å². The highest BCUT2D eigenvalue weighted by Gasteiger charge is 2.23. The molecule has 3 nitrogen and oxygen atoms in total. The third-order valence-corrected chi connectivity index (χ3v) is 4.54. The van der Waals surface area contributed by atoms with Gasteiger partial charge in [0.2, 0.25) is 0 Å². The van der Waals surface area contributed by atoms with Crippen LogP contribution in [0, 0.1) is 0 Å². The molecule has 0 amide bonds. The van der Waals surface area contributed by atoms with E-state index >= 15 is 0 Å². The smallest absolute Gasteiger partial charge is 0.161 e. The van der Waals surface area contributed by atoms with Gasteiger partial charge in [-0.15, -0.1) is 0 Å². The summed E-state index contributed by atoms with van der Waals surface area (Å²) in [6.45, 7) is 0.925. The molecule has 4 heteroatoms. The van der Waals surface area contributed by atoms with Gasteiger partial charge in [0.05, 0.1) is 18.2 Å². The molecule has 1 saturated carbocycles. The molecular weight excluding hydrogens is 270 g/mol. The minimum atomic E-state index is 0.349. The minimum absolute atomic E-state index is 0.349. The lowest BCUT2D eigenvalue weighted by atomic mass is 9.98. The molecule has 1 heterocycles. The first-order valence-electron chi connectivity index (χ1n) is 7.37. The van der Waals surface area contributed by atoms with Crippen molar-refractivity contribution in [1.29, 1.82) is 0 Å². The van der Waals surface area contributed by atoms with Crippen molar-refractivity contribution < 1.29 is 9.47 Å². The third kappa shape index (κ3) is 2.90. The van der Waals surface area contributed by atoms with Crippen LogP contribution in [0.3, 0.4) is 0 Å². The number of thiocarbonyl (C=S) groups is 1. The Bertz CT molecular complexity index is 497. The van der Waals surface area contributed by atoms with Gasteiger partial charge in [0.1, 0.15) is 0 Å². The Hall–Kier alpha value is -1.29. The van der Waals surface area contributed by atoms with Gasteiger partial charge in [-0.05, 0) is 43.4 Å². The molecule has 1 atom stereocenters. The summed E-state index contributed by atoms with van der Waals surface area (Å²) >= 11 is 5.23. The standard InChI is InChI=1S/C16H21NO2S/c1-18-14-7-6-11(12-9-16(20)17-10-12)8-15(14)19-13-4-2-3-5-13/h6-8,12-13H,2-5,9-10H2,1H3,(H,17,20). The zero-order valence-electron chi connectivity index (χ0n) is 11.9. The fourth-order valence-electron chi connectivity index (χ4n) is 3.07. The molecule has 1 aromatic carbocycles. The van der Waals surface area contributed by atoms with Crippen molar-refractivity contribution in [2.45, 2.75) is 44.1 Å². The Kier molecular flexibility index (Phi) is 4.10. The molecule has 3 rings (SSSR count). The fraction of sp³-hybridized carbons (Fsp3) is 0.562. The molecule has 0 aromatic heterocycles. The topological polar surface area (TPSA) is 30.5 Å². The van der Waals surface area contributed by atoms with Crippen LogP contribution in [-0.2, 0) is 0 Å². The first-order valence-corrected chi connectivity index (χ1v) is 7.78. The number of ether oxygens (including phenoxy) is 2. The largest absolute Gasteiger partial charge is 0.493 e. The Morgan fingerprint density at radius 2 is 2.00 bits per heavy atom. The summed E-state index contributed by atoms with van der Waals surface area (Å²) in [5.41, 5.74) is 1.28. The third-order valence-electron chi connectivity index (χ3n) is 4.23. The Balaban J connectivity index is 1.80. The molecule has 20 heavy (non-hydrogen) atoms. The van der Waals surface area contributed by atoms with E-state index in [9.17, 15) is 0 Å². The maximum absolute atomic E-state index is 6.15. The van der Waals surface area contributed by atoms with E-state index in [1.54, 1.807) is 7.11 Å². The predicted octanol–water partition coefficient (Wildman–Crippen LogP) is 3.42. The highest BCUT2D eigenvalue weighted by molar-refractivity contribution is 7.80. The van der Waals surface area contributed by atoms with Crippen LogP contribution in [0.4, 0.5) is 0 Å². The fourth-order valence-corrected chi connectivity index (χ4v) is 3.35. The maximum Gasteiger partial charge on any atom is 0.161 e. The van der Waals surface area contributed by atoms with Crippen LogP contribution in [0.25, 0.3) is 0 Å². The summed E-state index contributed by atoms with van der Waals surface area (Å²) in [5.74, 6) is 2.17. The lowest BCUT2D eigenvalue weighted by Crippen LogP contribution is -2.13. The highest BCUT2D eigenvalue weighted by atomic mass is 32.1. The molecule has 108 valence electrons. The summed E-state index contributed by atoms with van der Waals surface area (Å²) in [5, 5.41) is 3.25. The second-order valence-electron chi connectivity index (χ2n) is 5.64. The van der Waals surface area contributed by atoms with Gasteiger partial charge >= 0.3 is 0 Å². The van der Waals surface area contributed by atoms with Crippen LogP contribution in [0.1, 0.15) is 43.6 Å². The van der Waals surface area contributed by atoms with E-state index in [0.717, 1.165) is 42.3 Å². The van der Waals surface area contributed by atoms with Gasteiger partial charge in [0.25, 0.3) is 0 Å². The normalized spacial score (nSPS) is 22.9. The molecule has 0 bridgehead atoms. The lowest BCUT2D eigenvalue weighted by molar-refractivity contribution is 0.200. The SMILES string of the molecule is COc1ccc(C2CNC(=S)C2)cc1OC1CCCC1. The molecule has 2 aliphatic rings. The molecule has 1 aromatic rings. The minimum Gasteiger partial charge on any atom is -0.493 e. The molecule has 1 unspecified atom stereocenters. The zero-order valence-corrected chi connectivity index (χ0v) is 12.7. The van der Waals surface area contributed by atoms with Gasteiger partial charge < -0.3 is 14.8 Å². The molecular formula is C16H21NO2S. The van der Waals surface area contributed by atoms with Crippen LogP contribution in [0.15, 0.2) is 18.2 Å². The molecule has 1 aliphatic carbocycles. The second kappa shape index (κ2) is 6.00. The molecule has 0 spiro atoms. The number of methoxy groups -OCH3 is 1. The van der Waals surface area contributed by atoms with E-state index in [4.69, 9.17) is 21.7 Å². The molecule has 0 radical (unpaired) electrons. The molecule has 1 N–H and O–H groups in total. The molecule has 2 fully saturated rings. The predicted molar refractivity (Wildman–Crippen MR) is 83.8 cm³/mol. The number of rotatable bonds is 4. The summed E-state index contributed by atoms with van der Waals surface area (Å²) in [4.78, 5) is 0.962. The Morgan fingerprint density at radius 1 is 1.20 bits per heavy atom.